The minimum Gasteiger partial charge on any atom is -0.344 e. The first-order valence-electron chi connectivity index (χ1n) is 6.71. The first kappa shape index (κ1) is 15.5. The summed E-state index contributed by atoms with van der Waals surface area (Å²) >= 11 is 0. The number of carbonyl (C=O) groups excluding carboxylic acids is 2. The zero-order chi connectivity index (χ0) is 16.1. The number of rotatable bonds is 5. The Balaban J connectivity index is 2.08. The van der Waals surface area contributed by atoms with E-state index in [4.69, 9.17) is 5.21 Å². The molecule has 1 heterocycles. The van der Waals surface area contributed by atoms with Gasteiger partial charge in [-0.05, 0) is 36.8 Å². The largest absolute Gasteiger partial charge is 0.344 e. The van der Waals surface area contributed by atoms with E-state index in [0.29, 0.717) is 11.3 Å². The fraction of sp³-hybridized carbons (Fsp3) is 0.125. The molecule has 2 amide bonds. The van der Waals surface area contributed by atoms with Gasteiger partial charge in [0.25, 0.3) is 11.8 Å². The molecule has 2 aromatic rings. The Kier molecular flexibility index (Phi) is 4.75. The molecule has 6 heteroatoms. The van der Waals surface area contributed by atoms with Crippen molar-refractivity contribution in [3.05, 3.63) is 66.0 Å². The lowest BCUT2D eigenvalue weighted by molar-refractivity contribution is 0.0706. The summed E-state index contributed by atoms with van der Waals surface area (Å²) in [5, 5.41) is 11.5. The average Bonchev–Trinajstić information content (AvgIpc) is 3.02. The van der Waals surface area contributed by atoms with Gasteiger partial charge in [0.15, 0.2) is 0 Å². The summed E-state index contributed by atoms with van der Waals surface area (Å²) < 4.78 is 1.64. The third-order valence-electron chi connectivity index (χ3n) is 3.33. The summed E-state index contributed by atoms with van der Waals surface area (Å²) in [6, 6.07) is 9.85. The Morgan fingerprint density at radius 3 is 2.50 bits per heavy atom. The predicted octanol–water partition coefficient (Wildman–Crippen LogP) is 2.20. The predicted molar refractivity (Wildman–Crippen MR) is 82.4 cm³/mol. The second-order valence-electron chi connectivity index (χ2n) is 4.74. The van der Waals surface area contributed by atoms with Crippen molar-refractivity contribution in [2.45, 2.75) is 13.0 Å². The molecule has 0 spiro atoms. The summed E-state index contributed by atoms with van der Waals surface area (Å²) in [5.41, 5.74) is 3.26. The number of hydroxylamine groups is 1. The molecule has 0 radical (unpaired) electrons. The molecular formula is C16H17N3O3. The SMILES string of the molecule is C=Cn1cccc1C(=O)N[C@@H](C)c1ccc(C(=O)NO)cc1. The molecule has 0 aliphatic rings. The number of nitrogens with zero attached hydrogens (tertiary/aromatic N) is 1. The molecular weight excluding hydrogens is 282 g/mol. The fourth-order valence-electron chi connectivity index (χ4n) is 2.09. The Morgan fingerprint density at radius 1 is 1.23 bits per heavy atom. The van der Waals surface area contributed by atoms with Crippen LogP contribution >= 0.6 is 0 Å². The van der Waals surface area contributed by atoms with Gasteiger partial charge in [-0.15, -0.1) is 0 Å². The molecule has 22 heavy (non-hydrogen) atoms. The van der Waals surface area contributed by atoms with Gasteiger partial charge in [-0.1, -0.05) is 18.7 Å². The smallest absolute Gasteiger partial charge is 0.274 e. The van der Waals surface area contributed by atoms with E-state index in [1.807, 2.05) is 6.92 Å². The van der Waals surface area contributed by atoms with Gasteiger partial charge in [0, 0.05) is 18.0 Å². The molecule has 114 valence electrons. The van der Waals surface area contributed by atoms with Crippen molar-refractivity contribution in [2.75, 3.05) is 0 Å². The van der Waals surface area contributed by atoms with Crippen molar-refractivity contribution in [1.82, 2.24) is 15.4 Å². The number of amides is 2. The Hall–Kier alpha value is -2.86. The van der Waals surface area contributed by atoms with Crippen LogP contribution in [0, 0.1) is 0 Å². The summed E-state index contributed by atoms with van der Waals surface area (Å²) in [4.78, 5) is 23.5. The highest BCUT2D eigenvalue weighted by Crippen LogP contribution is 2.14. The number of benzene rings is 1. The van der Waals surface area contributed by atoms with Crippen LogP contribution in [0.2, 0.25) is 0 Å². The minimum absolute atomic E-state index is 0.213. The standard InChI is InChI=1S/C16H17N3O3/c1-3-19-10-4-5-14(19)16(21)17-11(2)12-6-8-13(9-7-12)15(20)18-22/h3-11,22H,1H2,2H3,(H,17,21)(H,18,20)/t11-/m0/s1. The van der Waals surface area contributed by atoms with E-state index in [1.165, 1.54) is 0 Å². The lowest BCUT2D eigenvalue weighted by atomic mass is 10.1. The Bertz CT molecular complexity index is 689. The highest BCUT2D eigenvalue weighted by Gasteiger charge is 2.14. The number of aromatic nitrogens is 1. The zero-order valence-electron chi connectivity index (χ0n) is 12.1. The minimum atomic E-state index is -0.577. The van der Waals surface area contributed by atoms with E-state index >= 15 is 0 Å². The lowest BCUT2D eigenvalue weighted by Gasteiger charge is -2.15. The molecule has 1 aromatic heterocycles. The van der Waals surface area contributed by atoms with Gasteiger partial charge in [0.1, 0.15) is 5.69 Å². The molecule has 0 aliphatic carbocycles. The van der Waals surface area contributed by atoms with Gasteiger partial charge in [-0.25, -0.2) is 5.48 Å². The highest BCUT2D eigenvalue weighted by atomic mass is 16.5. The highest BCUT2D eigenvalue weighted by molar-refractivity contribution is 5.94. The molecule has 0 saturated heterocycles. The van der Waals surface area contributed by atoms with E-state index in [0.717, 1.165) is 5.56 Å². The van der Waals surface area contributed by atoms with E-state index in [9.17, 15) is 9.59 Å². The van der Waals surface area contributed by atoms with Crippen molar-refractivity contribution in [2.24, 2.45) is 0 Å². The van der Waals surface area contributed by atoms with Gasteiger partial charge in [-0.2, -0.15) is 0 Å². The summed E-state index contributed by atoms with van der Waals surface area (Å²) in [5.74, 6) is -0.790. The van der Waals surface area contributed by atoms with Crippen LogP contribution in [0.4, 0.5) is 0 Å². The molecule has 0 aliphatic heterocycles. The fourth-order valence-corrected chi connectivity index (χ4v) is 2.09. The van der Waals surface area contributed by atoms with Gasteiger partial charge in [-0.3, -0.25) is 14.8 Å². The van der Waals surface area contributed by atoms with Crippen molar-refractivity contribution in [3.63, 3.8) is 0 Å². The molecule has 2 rings (SSSR count). The van der Waals surface area contributed by atoms with Crippen molar-refractivity contribution in [1.29, 1.82) is 0 Å². The first-order chi connectivity index (χ1) is 10.6. The van der Waals surface area contributed by atoms with Crippen LogP contribution in [0.15, 0.2) is 49.2 Å². The topological polar surface area (TPSA) is 83.4 Å². The Morgan fingerprint density at radius 2 is 1.91 bits per heavy atom. The van der Waals surface area contributed by atoms with Gasteiger partial charge >= 0.3 is 0 Å². The number of hydrogen-bond acceptors (Lipinski definition) is 3. The van der Waals surface area contributed by atoms with Crippen molar-refractivity contribution in [3.8, 4) is 0 Å². The maximum Gasteiger partial charge on any atom is 0.274 e. The van der Waals surface area contributed by atoms with E-state index in [-0.39, 0.29) is 11.9 Å². The molecule has 3 N–H and O–H groups in total. The Labute approximate surface area is 128 Å². The second-order valence-corrected chi connectivity index (χ2v) is 4.74. The van der Waals surface area contributed by atoms with Crippen LogP contribution in [0.3, 0.4) is 0 Å². The van der Waals surface area contributed by atoms with Crippen LogP contribution < -0.4 is 10.8 Å². The second kappa shape index (κ2) is 6.73. The molecule has 0 unspecified atom stereocenters. The maximum atomic E-state index is 12.2. The lowest BCUT2D eigenvalue weighted by Crippen LogP contribution is -2.28. The van der Waals surface area contributed by atoms with Crippen LogP contribution in [-0.2, 0) is 0 Å². The third kappa shape index (κ3) is 3.24. The first-order valence-corrected chi connectivity index (χ1v) is 6.71. The number of nitrogens with one attached hydrogen (secondary N) is 2. The van der Waals surface area contributed by atoms with E-state index in [1.54, 1.807) is 58.8 Å². The molecule has 1 aromatic carbocycles. The molecule has 0 bridgehead atoms. The monoisotopic (exact) mass is 299 g/mol. The van der Waals surface area contributed by atoms with E-state index < -0.39 is 5.91 Å². The van der Waals surface area contributed by atoms with Gasteiger partial charge in [0.2, 0.25) is 0 Å². The molecule has 0 saturated carbocycles. The van der Waals surface area contributed by atoms with Crippen LogP contribution in [0.5, 0.6) is 0 Å². The van der Waals surface area contributed by atoms with Crippen LogP contribution in [-0.4, -0.2) is 21.6 Å². The number of carbonyl (C=O) groups is 2. The molecule has 6 nitrogen and oxygen atoms in total. The molecule has 0 fully saturated rings. The zero-order valence-corrected chi connectivity index (χ0v) is 12.1. The summed E-state index contributed by atoms with van der Waals surface area (Å²) in [7, 11) is 0. The normalized spacial score (nSPS) is 11.5. The maximum absolute atomic E-state index is 12.2. The van der Waals surface area contributed by atoms with Gasteiger partial charge < -0.3 is 9.88 Å². The van der Waals surface area contributed by atoms with Gasteiger partial charge in [0.05, 0.1) is 6.04 Å². The third-order valence-corrected chi connectivity index (χ3v) is 3.33. The summed E-state index contributed by atoms with van der Waals surface area (Å²) in [6.45, 7) is 5.49. The molecule has 1 atom stereocenters. The van der Waals surface area contributed by atoms with E-state index in [2.05, 4.69) is 11.9 Å². The van der Waals surface area contributed by atoms with Crippen LogP contribution in [0.1, 0.15) is 39.4 Å². The quantitative estimate of drug-likeness (QED) is 0.584. The van der Waals surface area contributed by atoms with Crippen LogP contribution in [0.25, 0.3) is 6.20 Å². The summed E-state index contributed by atoms with van der Waals surface area (Å²) in [6.07, 6.45) is 3.30. The van der Waals surface area contributed by atoms with Crippen molar-refractivity contribution < 1.29 is 14.8 Å². The average molecular weight is 299 g/mol. The van der Waals surface area contributed by atoms with Crippen molar-refractivity contribution >= 4 is 18.0 Å². The number of hydrogen-bond donors (Lipinski definition) is 3.